The number of anilines is 1. The maximum Gasteiger partial charge on any atom is 0.251 e. The molecule has 2 aromatic rings. The predicted molar refractivity (Wildman–Crippen MR) is 108 cm³/mol. The van der Waals surface area contributed by atoms with Crippen molar-refractivity contribution in [3.05, 3.63) is 46.8 Å². The fraction of sp³-hybridized carbons (Fsp3) is 0.524. The Labute approximate surface area is 157 Å². The van der Waals surface area contributed by atoms with Crippen molar-refractivity contribution in [2.75, 3.05) is 18.0 Å². The molecule has 0 aliphatic carbocycles. The molecule has 2 rings (SSSR count). The maximum absolute atomic E-state index is 12.6. The summed E-state index contributed by atoms with van der Waals surface area (Å²) in [5.74, 6) is -0.0525. The first kappa shape index (κ1) is 20.0. The van der Waals surface area contributed by atoms with Crippen molar-refractivity contribution in [3.8, 4) is 0 Å². The molecule has 1 amide bonds. The standard InChI is InChI=1S/C21H32N4O/c1-7-9-14-25(8-2)19-12-10-18(11-13-19)21(26)22-15(3)20-16(4)23-24(6)17(20)5/h10-13,15H,7-9,14H2,1-6H3,(H,22,26). The molecular weight excluding hydrogens is 324 g/mol. The van der Waals surface area contributed by atoms with Gasteiger partial charge in [-0.1, -0.05) is 13.3 Å². The lowest BCUT2D eigenvalue weighted by Crippen LogP contribution is -2.27. The molecule has 1 atom stereocenters. The van der Waals surface area contributed by atoms with Gasteiger partial charge in [0.05, 0.1) is 11.7 Å². The van der Waals surface area contributed by atoms with Gasteiger partial charge in [0.15, 0.2) is 0 Å². The number of benzene rings is 1. The number of hydrogen-bond donors (Lipinski definition) is 1. The zero-order valence-electron chi connectivity index (χ0n) is 17.0. The number of nitrogens with one attached hydrogen (secondary N) is 1. The Hall–Kier alpha value is -2.30. The number of aromatic nitrogens is 2. The molecule has 5 nitrogen and oxygen atoms in total. The molecule has 0 spiro atoms. The van der Waals surface area contributed by atoms with E-state index in [0.717, 1.165) is 30.0 Å². The molecule has 5 heteroatoms. The van der Waals surface area contributed by atoms with Crippen LogP contribution in [0.3, 0.4) is 0 Å². The summed E-state index contributed by atoms with van der Waals surface area (Å²) in [5, 5.41) is 7.53. The molecule has 1 unspecified atom stereocenters. The average molecular weight is 357 g/mol. The van der Waals surface area contributed by atoms with Gasteiger partial charge >= 0.3 is 0 Å². The van der Waals surface area contributed by atoms with Crippen LogP contribution in [0.15, 0.2) is 24.3 Å². The normalized spacial score (nSPS) is 12.1. The smallest absolute Gasteiger partial charge is 0.251 e. The van der Waals surface area contributed by atoms with Crippen LogP contribution in [-0.2, 0) is 7.05 Å². The first-order valence-corrected chi connectivity index (χ1v) is 9.54. The largest absolute Gasteiger partial charge is 0.372 e. The van der Waals surface area contributed by atoms with Gasteiger partial charge < -0.3 is 10.2 Å². The molecule has 1 heterocycles. The minimum absolute atomic E-state index is 0.0525. The SMILES string of the molecule is CCCCN(CC)c1ccc(C(=O)NC(C)c2c(C)nn(C)c2C)cc1. The highest BCUT2D eigenvalue weighted by atomic mass is 16.1. The lowest BCUT2D eigenvalue weighted by atomic mass is 10.1. The van der Waals surface area contributed by atoms with E-state index in [1.54, 1.807) is 0 Å². The van der Waals surface area contributed by atoms with E-state index in [-0.39, 0.29) is 11.9 Å². The Morgan fingerprint density at radius 3 is 2.38 bits per heavy atom. The molecule has 0 radical (unpaired) electrons. The van der Waals surface area contributed by atoms with Gasteiger partial charge in [0, 0.05) is 42.6 Å². The molecule has 142 valence electrons. The lowest BCUT2D eigenvalue weighted by Gasteiger charge is -2.23. The second-order valence-corrected chi connectivity index (χ2v) is 6.88. The van der Waals surface area contributed by atoms with Crippen LogP contribution in [-0.4, -0.2) is 28.8 Å². The van der Waals surface area contributed by atoms with E-state index < -0.39 is 0 Å². The molecule has 0 fully saturated rings. The van der Waals surface area contributed by atoms with Crippen LogP contribution in [0.25, 0.3) is 0 Å². The Morgan fingerprint density at radius 1 is 1.23 bits per heavy atom. The van der Waals surface area contributed by atoms with Crippen molar-refractivity contribution in [3.63, 3.8) is 0 Å². The number of carbonyl (C=O) groups is 1. The summed E-state index contributed by atoms with van der Waals surface area (Å²) in [7, 11) is 1.93. The fourth-order valence-corrected chi connectivity index (χ4v) is 3.41. The van der Waals surface area contributed by atoms with Gasteiger partial charge in [-0.3, -0.25) is 9.48 Å². The Balaban J connectivity index is 2.07. The average Bonchev–Trinajstić information content (AvgIpc) is 2.88. The molecule has 26 heavy (non-hydrogen) atoms. The van der Waals surface area contributed by atoms with Crippen LogP contribution in [0.1, 0.15) is 67.0 Å². The molecule has 1 aromatic carbocycles. The van der Waals surface area contributed by atoms with E-state index in [1.165, 1.54) is 18.5 Å². The number of aryl methyl sites for hydroxylation is 2. The lowest BCUT2D eigenvalue weighted by molar-refractivity contribution is 0.0940. The minimum atomic E-state index is -0.0763. The molecule has 0 saturated carbocycles. The highest BCUT2D eigenvalue weighted by Crippen LogP contribution is 2.22. The third kappa shape index (κ3) is 4.45. The van der Waals surface area contributed by atoms with Crippen molar-refractivity contribution >= 4 is 11.6 Å². The van der Waals surface area contributed by atoms with E-state index in [4.69, 9.17) is 0 Å². The monoisotopic (exact) mass is 356 g/mol. The summed E-state index contributed by atoms with van der Waals surface area (Å²) in [4.78, 5) is 15.0. The van der Waals surface area contributed by atoms with Crippen LogP contribution in [0.5, 0.6) is 0 Å². The third-order valence-corrected chi connectivity index (χ3v) is 5.00. The minimum Gasteiger partial charge on any atom is -0.372 e. The molecule has 0 saturated heterocycles. The van der Waals surface area contributed by atoms with Crippen molar-refractivity contribution in [1.82, 2.24) is 15.1 Å². The number of hydrogen-bond acceptors (Lipinski definition) is 3. The first-order valence-electron chi connectivity index (χ1n) is 9.54. The summed E-state index contributed by atoms with van der Waals surface area (Å²) >= 11 is 0. The topological polar surface area (TPSA) is 50.2 Å². The summed E-state index contributed by atoms with van der Waals surface area (Å²) in [6, 6.07) is 7.83. The van der Waals surface area contributed by atoms with Crippen LogP contribution in [0, 0.1) is 13.8 Å². The predicted octanol–water partition coefficient (Wildman–Crippen LogP) is 4.15. The van der Waals surface area contributed by atoms with Gasteiger partial charge in [0.1, 0.15) is 0 Å². The van der Waals surface area contributed by atoms with Crippen molar-refractivity contribution < 1.29 is 4.79 Å². The van der Waals surface area contributed by atoms with Gasteiger partial charge in [-0.05, 0) is 58.4 Å². The van der Waals surface area contributed by atoms with E-state index in [9.17, 15) is 4.79 Å². The van der Waals surface area contributed by atoms with Crippen LogP contribution in [0.4, 0.5) is 5.69 Å². The zero-order valence-corrected chi connectivity index (χ0v) is 17.0. The summed E-state index contributed by atoms with van der Waals surface area (Å²) < 4.78 is 1.86. The van der Waals surface area contributed by atoms with Crippen molar-refractivity contribution in [1.29, 1.82) is 0 Å². The molecule has 0 aliphatic rings. The molecular formula is C21H32N4O. The third-order valence-electron chi connectivity index (χ3n) is 5.00. The van der Waals surface area contributed by atoms with E-state index in [0.29, 0.717) is 5.56 Å². The highest BCUT2D eigenvalue weighted by Gasteiger charge is 2.18. The quantitative estimate of drug-likeness (QED) is 0.773. The van der Waals surface area contributed by atoms with E-state index >= 15 is 0 Å². The molecule has 1 N–H and O–H groups in total. The Morgan fingerprint density at radius 2 is 1.88 bits per heavy atom. The Kier molecular flexibility index (Phi) is 6.83. The van der Waals surface area contributed by atoms with Crippen LogP contribution >= 0.6 is 0 Å². The van der Waals surface area contributed by atoms with Gasteiger partial charge in [0.25, 0.3) is 5.91 Å². The summed E-state index contributed by atoms with van der Waals surface area (Å²) in [6.07, 6.45) is 2.36. The van der Waals surface area contributed by atoms with Gasteiger partial charge in [-0.15, -0.1) is 0 Å². The maximum atomic E-state index is 12.6. The Bertz CT molecular complexity index is 733. The van der Waals surface area contributed by atoms with Crippen molar-refractivity contribution in [2.45, 2.75) is 53.5 Å². The second-order valence-electron chi connectivity index (χ2n) is 6.88. The summed E-state index contributed by atoms with van der Waals surface area (Å²) in [5.41, 5.74) is 4.99. The number of nitrogens with zero attached hydrogens (tertiary/aromatic N) is 3. The fourth-order valence-electron chi connectivity index (χ4n) is 3.41. The van der Waals surface area contributed by atoms with Gasteiger partial charge in [-0.2, -0.15) is 5.10 Å². The van der Waals surface area contributed by atoms with Gasteiger partial charge in [0.2, 0.25) is 0 Å². The number of rotatable bonds is 8. The van der Waals surface area contributed by atoms with Gasteiger partial charge in [-0.25, -0.2) is 0 Å². The number of carbonyl (C=O) groups excluding carboxylic acids is 1. The highest BCUT2D eigenvalue weighted by molar-refractivity contribution is 5.94. The molecule has 1 aromatic heterocycles. The summed E-state index contributed by atoms with van der Waals surface area (Å²) in [6.45, 7) is 12.4. The zero-order chi connectivity index (χ0) is 19.3. The second kappa shape index (κ2) is 8.88. The first-order chi connectivity index (χ1) is 12.4. The van der Waals surface area contributed by atoms with Crippen LogP contribution < -0.4 is 10.2 Å². The van der Waals surface area contributed by atoms with Crippen molar-refractivity contribution in [2.24, 2.45) is 7.05 Å². The number of unbranched alkanes of at least 4 members (excludes halogenated alkanes) is 1. The van der Waals surface area contributed by atoms with Crippen LogP contribution in [0.2, 0.25) is 0 Å². The van der Waals surface area contributed by atoms with E-state index in [1.807, 2.05) is 56.8 Å². The van der Waals surface area contributed by atoms with E-state index in [2.05, 4.69) is 29.2 Å². The molecule has 0 bridgehead atoms. The number of amides is 1. The molecule has 0 aliphatic heterocycles.